The summed E-state index contributed by atoms with van der Waals surface area (Å²) in [5.74, 6) is 1.38. The predicted molar refractivity (Wildman–Crippen MR) is 110 cm³/mol. The maximum atomic E-state index is 12.7. The van der Waals surface area contributed by atoms with Gasteiger partial charge in [0.2, 0.25) is 11.8 Å². The van der Waals surface area contributed by atoms with Crippen molar-refractivity contribution in [2.75, 3.05) is 18.4 Å². The lowest BCUT2D eigenvalue weighted by atomic mass is 9.95. The van der Waals surface area contributed by atoms with Crippen LogP contribution in [-0.2, 0) is 22.6 Å². The van der Waals surface area contributed by atoms with E-state index in [0.29, 0.717) is 13.1 Å². The molecule has 6 nitrogen and oxygen atoms in total. The molecule has 4 rings (SSSR count). The van der Waals surface area contributed by atoms with E-state index in [9.17, 15) is 9.59 Å². The van der Waals surface area contributed by atoms with Gasteiger partial charge >= 0.3 is 0 Å². The van der Waals surface area contributed by atoms with Crippen molar-refractivity contribution in [2.24, 2.45) is 11.8 Å². The van der Waals surface area contributed by atoms with E-state index in [-0.39, 0.29) is 23.7 Å². The number of carbonyl (C=O) groups excluding carboxylic acids is 2. The topological polar surface area (TPSA) is 67.2 Å². The number of imidazole rings is 1. The van der Waals surface area contributed by atoms with Crippen LogP contribution in [0.4, 0.5) is 5.69 Å². The van der Waals surface area contributed by atoms with Gasteiger partial charge < -0.3 is 14.8 Å². The van der Waals surface area contributed by atoms with E-state index in [4.69, 9.17) is 4.98 Å². The molecule has 150 valence electrons. The SMILES string of the molecule is CC(C)C(=O)N1CCC(C(=O)Nc2ccc3c(c2)nc2n3CCCCC2)CC1. The molecule has 28 heavy (non-hydrogen) atoms. The number of hydrogen-bond acceptors (Lipinski definition) is 3. The van der Waals surface area contributed by atoms with Crippen LogP contribution < -0.4 is 5.32 Å². The Hall–Kier alpha value is -2.37. The van der Waals surface area contributed by atoms with Crippen molar-refractivity contribution < 1.29 is 9.59 Å². The van der Waals surface area contributed by atoms with E-state index in [1.165, 1.54) is 19.3 Å². The van der Waals surface area contributed by atoms with Gasteiger partial charge in [0, 0.05) is 43.6 Å². The van der Waals surface area contributed by atoms with Gasteiger partial charge in [0.05, 0.1) is 11.0 Å². The first-order valence-corrected chi connectivity index (χ1v) is 10.6. The smallest absolute Gasteiger partial charge is 0.227 e. The molecule has 0 spiro atoms. The molecule has 1 N–H and O–H groups in total. The number of likely N-dealkylation sites (tertiary alicyclic amines) is 1. The van der Waals surface area contributed by atoms with Gasteiger partial charge in [-0.15, -0.1) is 0 Å². The molecule has 0 radical (unpaired) electrons. The summed E-state index contributed by atoms with van der Waals surface area (Å²) in [6.45, 7) is 6.22. The number of rotatable bonds is 3. The second-order valence-electron chi connectivity index (χ2n) is 8.44. The number of aromatic nitrogens is 2. The Morgan fingerprint density at radius 2 is 1.89 bits per heavy atom. The second-order valence-corrected chi connectivity index (χ2v) is 8.44. The van der Waals surface area contributed by atoms with Gasteiger partial charge in [-0.3, -0.25) is 9.59 Å². The van der Waals surface area contributed by atoms with E-state index >= 15 is 0 Å². The van der Waals surface area contributed by atoms with Crippen molar-refractivity contribution in [2.45, 2.75) is 58.9 Å². The lowest BCUT2D eigenvalue weighted by Gasteiger charge is -2.32. The van der Waals surface area contributed by atoms with Crippen LogP contribution >= 0.6 is 0 Å². The van der Waals surface area contributed by atoms with Crippen molar-refractivity contribution in [1.82, 2.24) is 14.5 Å². The first-order chi connectivity index (χ1) is 13.5. The summed E-state index contributed by atoms with van der Waals surface area (Å²) in [6.07, 6.45) is 6.15. The Bertz CT molecular complexity index is 878. The molecule has 0 unspecified atom stereocenters. The highest BCUT2D eigenvalue weighted by atomic mass is 16.2. The molecule has 1 aromatic carbocycles. The lowest BCUT2D eigenvalue weighted by molar-refractivity contribution is -0.137. The van der Waals surface area contributed by atoms with Gasteiger partial charge in [-0.1, -0.05) is 20.3 Å². The molecule has 0 bridgehead atoms. The molecule has 0 atom stereocenters. The van der Waals surface area contributed by atoms with Crippen molar-refractivity contribution >= 4 is 28.5 Å². The standard InChI is InChI=1S/C22H30N4O2/c1-15(2)22(28)25-12-9-16(10-13-25)21(27)23-17-7-8-19-18(14-17)24-20-6-4-3-5-11-26(19)20/h7-8,14-16H,3-6,9-13H2,1-2H3,(H,23,27). The number of hydrogen-bond donors (Lipinski definition) is 1. The Morgan fingerprint density at radius 3 is 2.64 bits per heavy atom. The largest absolute Gasteiger partial charge is 0.342 e. The van der Waals surface area contributed by atoms with Crippen LogP contribution in [-0.4, -0.2) is 39.4 Å². The average molecular weight is 383 g/mol. The van der Waals surface area contributed by atoms with Gasteiger partial charge in [0.25, 0.3) is 0 Å². The summed E-state index contributed by atoms with van der Waals surface area (Å²) >= 11 is 0. The van der Waals surface area contributed by atoms with Crippen LogP contribution in [0, 0.1) is 11.8 Å². The summed E-state index contributed by atoms with van der Waals surface area (Å²) in [7, 11) is 0. The summed E-state index contributed by atoms with van der Waals surface area (Å²) in [5, 5.41) is 3.07. The highest BCUT2D eigenvalue weighted by molar-refractivity contribution is 5.94. The average Bonchev–Trinajstić information content (AvgIpc) is 2.87. The molecule has 2 aliphatic rings. The maximum absolute atomic E-state index is 12.7. The quantitative estimate of drug-likeness (QED) is 0.882. The number of aryl methyl sites for hydroxylation is 2. The van der Waals surface area contributed by atoms with Crippen LogP contribution in [0.3, 0.4) is 0 Å². The first kappa shape index (κ1) is 19.0. The predicted octanol–water partition coefficient (Wildman–Crippen LogP) is 3.60. The highest BCUT2D eigenvalue weighted by Gasteiger charge is 2.28. The Balaban J connectivity index is 1.41. The summed E-state index contributed by atoms with van der Waals surface area (Å²) in [5.41, 5.74) is 2.94. The van der Waals surface area contributed by atoms with Gasteiger partial charge in [0.1, 0.15) is 5.82 Å². The number of nitrogens with zero attached hydrogens (tertiary/aromatic N) is 3. The minimum atomic E-state index is -0.0365. The molecule has 1 fully saturated rings. The van der Waals surface area contributed by atoms with Crippen LogP contribution in [0.25, 0.3) is 11.0 Å². The Labute approximate surface area is 166 Å². The number of nitrogens with one attached hydrogen (secondary N) is 1. The van der Waals surface area contributed by atoms with Crippen molar-refractivity contribution in [3.8, 4) is 0 Å². The summed E-state index contributed by atoms with van der Waals surface area (Å²) in [6, 6.07) is 6.06. The van der Waals surface area contributed by atoms with Gasteiger partial charge in [0.15, 0.2) is 0 Å². The number of benzene rings is 1. The fraction of sp³-hybridized carbons (Fsp3) is 0.591. The van der Waals surface area contributed by atoms with E-state index in [2.05, 4.69) is 16.0 Å². The lowest BCUT2D eigenvalue weighted by Crippen LogP contribution is -2.43. The second kappa shape index (κ2) is 7.94. The number of anilines is 1. The van der Waals surface area contributed by atoms with E-state index in [1.807, 2.05) is 30.9 Å². The minimum Gasteiger partial charge on any atom is -0.342 e. The fourth-order valence-corrected chi connectivity index (χ4v) is 4.40. The van der Waals surface area contributed by atoms with E-state index in [1.54, 1.807) is 0 Å². The zero-order valence-electron chi connectivity index (χ0n) is 16.9. The van der Waals surface area contributed by atoms with Crippen molar-refractivity contribution in [1.29, 1.82) is 0 Å². The maximum Gasteiger partial charge on any atom is 0.227 e. The zero-order chi connectivity index (χ0) is 19.7. The Kier molecular flexibility index (Phi) is 5.38. The first-order valence-electron chi connectivity index (χ1n) is 10.6. The number of carbonyl (C=O) groups is 2. The number of piperidine rings is 1. The number of fused-ring (bicyclic) bond motifs is 3. The molecule has 1 saturated heterocycles. The third-order valence-corrected chi connectivity index (χ3v) is 6.05. The normalized spacial score (nSPS) is 18.2. The molecule has 0 saturated carbocycles. The number of amides is 2. The van der Waals surface area contributed by atoms with Crippen molar-refractivity contribution in [3.63, 3.8) is 0 Å². The molecule has 2 aromatic rings. The molecule has 1 aromatic heterocycles. The van der Waals surface area contributed by atoms with Crippen LogP contribution in [0.5, 0.6) is 0 Å². The zero-order valence-corrected chi connectivity index (χ0v) is 16.9. The third kappa shape index (κ3) is 3.77. The summed E-state index contributed by atoms with van der Waals surface area (Å²) in [4.78, 5) is 31.5. The van der Waals surface area contributed by atoms with Crippen LogP contribution in [0.15, 0.2) is 18.2 Å². The Morgan fingerprint density at radius 1 is 1.11 bits per heavy atom. The molecular weight excluding hydrogens is 352 g/mol. The molecule has 2 amide bonds. The van der Waals surface area contributed by atoms with Gasteiger partial charge in [-0.25, -0.2) is 4.98 Å². The summed E-state index contributed by atoms with van der Waals surface area (Å²) < 4.78 is 2.33. The molecule has 0 aliphatic carbocycles. The van der Waals surface area contributed by atoms with Crippen LogP contribution in [0.2, 0.25) is 0 Å². The molecular formula is C22H30N4O2. The van der Waals surface area contributed by atoms with Gasteiger partial charge in [-0.05, 0) is 43.9 Å². The fourth-order valence-electron chi connectivity index (χ4n) is 4.40. The van der Waals surface area contributed by atoms with Gasteiger partial charge in [-0.2, -0.15) is 0 Å². The third-order valence-electron chi connectivity index (χ3n) is 6.05. The molecule has 6 heteroatoms. The highest BCUT2D eigenvalue weighted by Crippen LogP contribution is 2.26. The molecule has 2 aliphatic heterocycles. The van der Waals surface area contributed by atoms with Crippen LogP contribution in [0.1, 0.15) is 51.8 Å². The van der Waals surface area contributed by atoms with E-state index < -0.39 is 0 Å². The minimum absolute atomic E-state index is 0.0159. The van der Waals surface area contributed by atoms with Crippen molar-refractivity contribution in [3.05, 3.63) is 24.0 Å². The monoisotopic (exact) mass is 382 g/mol. The molecule has 3 heterocycles. The van der Waals surface area contributed by atoms with E-state index in [0.717, 1.165) is 48.4 Å².